The molecule has 0 aromatic heterocycles. The molecule has 0 bridgehead atoms. The number of rotatable bonds is 5. The average molecular weight is 302 g/mol. The van der Waals surface area contributed by atoms with Gasteiger partial charge in [-0.05, 0) is 66.8 Å². The van der Waals surface area contributed by atoms with Gasteiger partial charge in [-0.15, -0.1) is 0 Å². The lowest BCUT2D eigenvalue weighted by atomic mass is 10.1. The number of hydrogen-bond donors (Lipinski definition) is 1. The largest absolute Gasteiger partial charge is 0.456 e. The van der Waals surface area contributed by atoms with Gasteiger partial charge in [-0.3, -0.25) is 0 Å². The maximum absolute atomic E-state index is 6.32. The van der Waals surface area contributed by atoms with Gasteiger partial charge >= 0.3 is 0 Å². The van der Waals surface area contributed by atoms with Crippen LogP contribution in [0, 0.1) is 0 Å². The molecule has 0 heterocycles. The van der Waals surface area contributed by atoms with E-state index in [1.54, 1.807) is 0 Å². The zero-order valence-corrected chi connectivity index (χ0v) is 13.0. The van der Waals surface area contributed by atoms with E-state index in [0.717, 1.165) is 31.0 Å². The highest BCUT2D eigenvalue weighted by atomic mass is 35.5. The van der Waals surface area contributed by atoms with Gasteiger partial charge in [0.2, 0.25) is 0 Å². The molecular weight excluding hydrogens is 282 g/mol. The highest BCUT2D eigenvalue weighted by Gasteiger charge is 2.12. The second-order valence-corrected chi connectivity index (χ2v) is 5.84. The van der Waals surface area contributed by atoms with Crippen molar-refractivity contribution in [3.63, 3.8) is 0 Å². The lowest BCUT2D eigenvalue weighted by Gasteiger charge is -2.11. The van der Waals surface area contributed by atoms with Gasteiger partial charge in [0.25, 0.3) is 0 Å². The first kappa shape index (κ1) is 14.4. The van der Waals surface area contributed by atoms with Crippen molar-refractivity contribution in [2.24, 2.45) is 0 Å². The summed E-state index contributed by atoms with van der Waals surface area (Å²) in [6.07, 6.45) is 3.59. The highest BCUT2D eigenvalue weighted by molar-refractivity contribution is 6.32. The first-order valence-corrected chi connectivity index (χ1v) is 7.93. The molecular formula is C18H20ClNO. The molecule has 0 spiro atoms. The standard InChI is InChI=1S/C18H20ClNO/c1-2-20-12-13-6-9-18(17(19)10-13)21-16-8-7-14-4-3-5-15(14)11-16/h6-11,20H,2-5,12H2,1H3. The fourth-order valence-corrected chi connectivity index (χ4v) is 2.99. The Bertz CT molecular complexity index is 639. The van der Waals surface area contributed by atoms with E-state index in [0.29, 0.717) is 5.02 Å². The Hall–Kier alpha value is -1.51. The summed E-state index contributed by atoms with van der Waals surface area (Å²) in [7, 11) is 0. The summed E-state index contributed by atoms with van der Waals surface area (Å²) in [5.74, 6) is 1.59. The van der Waals surface area contributed by atoms with E-state index < -0.39 is 0 Å². The Morgan fingerprint density at radius 1 is 1.10 bits per heavy atom. The van der Waals surface area contributed by atoms with E-state index >= 15 is 0 Å². The van der Waals surface area contributed by atoms with Crippen molar-refractivity contribution in [2.75, 3.05) is 6.54 Å². The summed E-state index contributed by atoms with van der Waals surface area (Å²) in [4.78, 5) is 0. The molecule has 0 fully saturated rings. The van der Waals surface area contributed by atoms with Crippen LogP contribution in [0.1, 0.15) is 30.0 Å². The van der Waals surface area contributed by atoms with Gasteiger partial charge in [-0.25, -0.2) is 0 Å². The Balaban J connectivity index is 1.75. The van der Waals surface area contributed by atoms with E-state index in [1.807, 2.05) is 18.2 Å². The third-order valence-electron chi connectivity index (χ3n) is 3.87. The van der Waals surface area contributed by atoms with Gasteiger partial charge < -0.3 is 10.1 Å². The minimum Gasteiger partial charge on any atom is -0.456 e. The fourth-order valence-electron chi connectivity index (χ4n) is 2.75. The number of fused-ring (bicyclic) bond motifs is 1. The minimum atomic E-state index is 0.658. The number of aryl methyl sites for hydroxylation is 2. The molecule has 3 heteroatoms. The van der Waals surface area contributed by atoms with Crippen LogP contribution in [0.25, 0.3) is 0 Å². The van der Waals surface area contributed by atoms with Crippen molar-refractivity contribution in [2.45, 2.75) is 32.7 Å². The topological polar surface area (TPSA) is 21.3 Å². The molecule has 21 heavy (non-hydrogen) atoms. The van der Waals surface area contributed by atoms with Crippen LogP contribution in [0.4, 0.5) is 0 Å². The molecule has 1 aliphatic carbocycles. The molecule has 0 saturated carbocycles. The molecule has 0 unspecified atom stereocenters. The van der Waals surface area contributed by atoms with Crippen molar-refractivity contribution >= 4 is 11.6 Å². The molecule has 0 radical (unpaired) electrons. The summed E-state index contributed by atoms with van der Waals surface area (Å²) < 4.78 is 5.94. The van der Waals surface area contributed by atoms with Crippen molar-refractivity contribution in [1.29, 1.82) is 0 Å². The Labute approximate surface area is 131 Å². The summed E-state index contributed by atoms with van der Waals surface area (Å²) in [6, 6.07) is 12.3. The SMILES string of the molecule is CCNCc1ccc(Oc2ccc3c(c2)CCC3)c(Cl)c1. The van der Waals surface area contributed by atoms with Gasteiger partial charge in [0, 0.05) is 6.54 Å². The maximum atomic E-state index is 6.32. The first-order chi connectivity index (χ1) is 10.3. The second-order valence-electron chi connectivity index (χ2n) is 5.43. The van der Waals surface area contributed by atoms with E-state index in [-0.39, 0.29) is 0 Å². The quantitative estimate of drug-likeness (QED) is 0.862. The Morgan fingerprint density at radius 3 is 2.76 bits per heavy atom. The summed E-state index contributed by atoms with van der Waals surface area (Å²) >= 11 is 6.32. The van der Waals surface area contributed by atoms with Gasteiger partial charge in [0.1, 0.15) is 11.5 Å². The third-order valence-corrected chi connectivity index (χ3v) is 4.17. The number of hydrogen-bond acceptors (Lipinski definition) is 2. The van der Waals surface area contributed by atoms with Crippen LogP contribution >= 0.6 is 11.6 Å². The van der Waals surface area contributed by atoms with Crippen LogP contribution in [-0.2, 0) is 19.4 Å². The van der Waals surface area contributed by atoms with Gasteiger partial charge in [-0.1, -0.05) is 30.7 Å². The molecule has 2 aromatic carbocycles. The molecule has 0 amide bonds. The Morgan fingerprint density at radius 2 is 1.95 bits per heavy atom. The van der Waals surface area contributed by atoms with Crippen molar-refractivity contribution in [3.05, 3.63) is 58.1 Å². The van der Waals surface area contributed by atoms with E-state index in [2.05, 4.69) is 30.4 Å². The smallest absolute Gasteiger partial charge is 0.146 e. The molecule has 0 saturated heterocycles. The zero-order chi connectivity index (χ0) is 14.7. The molecule has 110 valence electrons. The summed E-state index contributed by atoms with van der Waals surface area (Å²) in [5.41, 5.74) is 4.03. The number of ether oxygens (including phenoxy) is 1. The van der Waals surface area contributed by atoms with Crippen molar-refractivity contribution in [3.8, 4) is 11.5 Å². The normalized spacial score (nSPS) is 13.2. The molecule has 2 nitrogen and oxygen atoms in total. The van der Waals surface area contributed by atoms with Gasteiger partial charge in [0.05, 0.1) is 5.02 Å². The van der Waals surface area contributed by atoms with E-state index in [9.17, 15) is 0 Å². The van der Waals surface area contributed by atoms with Crippen molar-refractivity contribution < 1.29 is 4.74 Å². The lowest BCUT2D eigenvalue weighted by Crippen LogP contribution is -2.11. The second kappa shape index (κ2) is 6.50. The third kappa shape index (κ3) is 3.39. The van der Waals surface area contributed by atoms with Gasteiger partial charge in [0.15, 0.2) is 0 Å². The molecule has 3 rings (SSSR count). The summed E-state index contributed by atoms with van der Waals surface area (Å²) in [5, 5.41) is 3.95. The number of nitrogens with one attached hydrogen (secondary N) is 1. The first-order valence-electron chi connectivity index (χ1n) is 7.55. The lowest BCUT2D eigenvalue weighted by molar-refractivity contribution is 0.482. The fraction of sp³-hybridized carbons (Fsp3) is 0.333. The summed E-state index contributed by atoms with van der Waals surface area (Å²) in [6.45, 7) is 3.87. The van der Waals surface area contributed by atoms with Crippen LogP contribution in [0.2, 0.25) is 5.02 Å². The molecule has 1 N–H and O–H groups in total. The van der Waals surface area contributed by atoms with Crippen LogP contribution in [0.3, 0.4) is 0 Å². The molecule has 1 aliphatic rings. The van der Waals surface area contributed by atoms with Crippen LogP contribution in [0.15, 0.2) is 36.4 Å². The number of halogens is 1. The van der Waals surface area contributed by atoms with E-state index in [4.69, 9.17) is 16.3 Å². The maximum Gasteiger partial charge on any atom is 0.146 e. The van der Waals surface area contributed by atoms with Crippen LogP contribution < -0.4 is 10.1 Å². The average Bonchev–Trinajstić information content (AvgIpc) is 2.95. The predicted molar refractivity (Wildman–Crippen MR) is 87.4 cm³/mol. The van der Waals surface area contributed by atoms with Crippen LogP contribution in [0.5, 0.6) is 11.5 Å². The van der Waals surface area contributed by atoms with E-state index in [1.165, 1.54) is 29.5 Å². The van der Waals surface area contributed by atoms with Gasteiger partial charge in [-0.2, -0.15) is 0 Å². The molecule has 0 atom stereocenters. The zero-order valence-electron chi connectivity index (χ0n) is 12.3. The highest BCUT2D eigenvalue weighted by Crippen LogP contribution is 2.32. The minimum absolute atomic E-state index is 0.658. The molecule has 0 aliphatic heterocycles. The van der Waals surface area contributed by atoms with Crippen LogP contribution in [-0.4, -0.2) is 6.54 Å². The van der Waals surface area contributed by atoms with Crippen molar-refractivity contribution in [1.82, 2.24) is 5.32 Å². The number of benzene rings is 2. The monoisotopic (exact) mass is 301 g/mol. The predicted octanol–water partition coefficient (Wildman–Crippen LogP) is 4.73. The Kier molecular flexibility index (Phi) is 4.47. The molecule has 2 aromatic rings.